The summed E-state index contributed by atoms with van der Waals surface area (Å²) in [4.78, 5) is 23.8. The van der Waals surface area contributed by atoms with Crippen LogP contribution in [-0.2, 0) is 4.79 Å². The van der Waals surface area contributed by atoms with Gasteiger partial charge in [0.05, 0.1) is 10.7 Å². The first kappa shape index (κ1) is 17.2. The van der Waals surface area contributed by atoms with Gasteiger partial charge in [-0.05, 0) is 39.7 Å². The van der Waals surface area contributed by atoms with Crippen LogP contribution >= 0.6 is 39.1 Å². The summed E-state index contributed by atoms with van der Waals surface area (Å²) in [5.74, 6) is -0.866. The van der Waals surface area contributed by atoms with Gasteiger partial charge in [-0.1, -0.05) is 29.3 Å². The number of aromatic nitrogens is 2. The van der Waals surface area contributed by atoms with Crippen molar-refractivity contribution in [3.63, 3.8) is 0 Å². The molecule has 0 radical (unpaired) electrons. The Labute approximate surface area is 149 Å². The van der Waals surface area contributed by atoms with E-state index in [0.29, 0.717) is 15.1 Å². The van der Waals surface area contributed by atoms with Gasteiger partial charge in [-0.15, -0.1) is 0 Å². The minimum absolute atomic E-state index is 0.278. The first-order chi connectivity index (χ1) is 10.9. The lowest BCUT2D eigenvalue weighted by Gasteiger charge is -2.03. The maximum Gasteiger partial charge on any atom is 0.349 e. The van der Waals surface area contributed by atoms with Gasteiger partial charge in [0.25, 0.3) is 5.91 Å². The summed E-state index contributed by atoms with van der Waals surface area (Å²) in [6.07, 6.45) is 4.02. The largest absolute Gasteiger partial charge is 0.349 e. The normalized spacial score (nSPS) is 11.0. The molecular formula is C14H7BrCl2N4O2. The molecule has 0 bridgehead atoms. The van der Waals surface area contributed by atoms with Crippen LogP contribution in [0.5, 0.6) is 0 Å². The molecule has 1 aromatic carbocycles. The maximum atomic E-state index is 12.0. The fourth-order valence-electron chi connectivity index (χ4n) is 1.56. The number of hydrogen-bond donors (Lipinski definition) is 1. The molecule has 0 aliphatic carbocycles. The first-order valence-corrected chi connectivity index (χ1v) is 7.58. The lowest BCUT2D eigenvalue weighted by Crippen LogP contribution is -2.35. The second-order valence-electron chi connectivity index (χ2n) is 4.20. The van der Waals surface area contributed by atoms with E-state index in [1.54, 1.807) is 18.2 Å². The van der Waals surface area contributed by atoms with E-state index >= 15 is 0 Å². The Kier molecular flexibility index (Phi) is 5.55. The number of hydrogen-bond acceptors (Lipinski definition) is 4. The fraction of sp³-hybridized carbons (Fsp3) is 0. The number of benzene rings is 1. The molecule has 2 amide bonds. The molecule has 2 rings (SSSR count). The lowest BCUT2D eigenvalue weighted by molar-refractivity contribution is -0.116. The van der Waals surface area contributed by atoms with Crippen molar-refractivity contribution >= 4 is 57.1 Å². The highest BCUT2D eigenvalue weighted by molar-refractivity contribution is 9.10. The van der Waals surface area contributed by atoms with Gasteiger partial charge >= 0.3 is 6.03 Å². The van der Waals surface area contributed by atoms with Gasteiger partial charge in [0, 0.05) is 16.2 Å². The smallest absolute Gasteiger partial charge is 0.271 e. The third kappa shape index (κ3) is 4.42. The zero-order chi connectivity index (χ0) is 17.0. The molecule has 0 fully saturated rings. The molecule has 0 aliphatic rings. The summed E-state index contributed by atoms with van der Waals surface area (Å²) >= 11 is 14.9. The maximum absolute atomic E-state index is 12.0. The van der Waals surface area contributed by atoms with Crippen molar-refractivity contribution in [3.8, 4) is 6.07 Å². The van der Waals surface area contributed by atoms with Crippen LogP contribution in [0, 0.1) is 11.3 Å². The van der Waals surface area contributed by atoms with E-state index in [4.69, 9.17) is 28.5 Å². The molecule has 9 heteroatoms. The molecule has 0 unspecified atom stereocenters. The van der Waals surface area contributed by atoms with Gasteiger partial charge in [0.2, 0.25) is 0 Å². The van der Waals surface area contributed by atoms with Crippen LogP contribution in [0.3, 0.4) is 0 Å². The number of halogens is 3. The summed E-state index contributed by atoms with van der Waals surface area (Å²) in [6, 6.07) is 5.54. The predicted octanol–water partition coefficient (Wildman–Crippen LogP) is 3.64. The number of carbonyl (C=O) groups excluding carboxylic acids is 2. The van der Waals surface area contributed by atoms with E-state index in [1.807, 2.05) is 0 Å². The minimum atomic E-state index is -0.866. The summed E-state index contributed by atoms with van der Waals surface area (Å²) in [5, 5.41) is 15.6. The first-order valence-electron chi connectivity index (χ1n) is 6.03. The van der Waals surface area contributed by atoms with Crippen molar-refractivity contribution in [1.82, 2.24) is 15.1 Å². The van der Waals surface area contributed by atoms with Gasteiger partial charge in [-0.2, -0.15) is 15.0 Å². The number of nitriles is 1. The summed E-state index contributed by atoms with van der Waals surface area (Å²) < 4.78 is 1.50. The lowest BCUT2D eigenvalue weighted by atomic mass is 10.1. The molecule has 1 heterocycles. The van der Waals surface area contributed by atoms with E-state index in [1.165, 1.54) is 24.5 Å². The second kappa shape index (κ2) is 7.42. The van der Waals surface area contributed by atoms with E-state index < -0.39 is 11.9 Å². The van der Waals surface area contributed by atoms with Gasteiger partial charge in [0.15, 0.2) is 0 Å². The van der Waals surface area contributed by atoms with Crippen molar-refractivity contribution in [1.29, 1.82) is 5.26 Å². The number of amides is 2. The third-order valence-corrected chi connectivity index (χ3v) is 3.58. The van der Waals surface area contributed by atoms with Crippen LogP contribution in [-0.4, -0.2) is 21.7 Å². The molecule has 0 saturated heterocycles. The average Bonchev–Trinajstić information content (AvgIpc) is 2.93. The standard InChI is InChI=1S/C14H7BrCl2N4O2/c15-10-6-19-21(7-10)14(23)20-13(22)9(5-18)3-8-1-2-11(16)4-12(8)17/h1-4,6-7H,(H,20,22,23). The number of nitrogens with one attached hydrogen (secondary N) is 1. The molecule has 1 N–H and O–H groups in total. The van der Waals surface area contributed by atoms with Gasteiger partial charge < -0.3 is 0 Å². The Morgan fingerprint density at radius 3 is 2.70 bits per heavy atom. The van der Waals surface area contributed by atoms with Crippen LogP contribution in [0.1, 0.15) is 5.56 Å². The number of nitrogens with zero attached hydrogens (tertiary/aromatic N) is 3. The van der Waals surface area contributed by atoms with E-state index in [-0.39, 0.29) is 10.6 Å². The Morgan fingerprint density at radius 1 is 1.39 bits per heavy atom. The van der Waals surface area contributed by atoms with Crippen molar-refractivity contribution in [2.24, 2.45) is 0 Å². The monoisotopic (exact) mass is 412 g/mol. The molecular weight excluding hydrogens is 407 g/mol. The van der Waals surface area contributed by atoms with Crippen LogP contribution in [0.15, 0.2) is 40.6 Å². The average molecular weight is 414 g/mol. The quantitative estimate of drug-likeness (QED) is 0.601. The molecule has 1 aromatic heterocycles. The highest BCUT2D eigenvalue weighted by atomic mass is 79.9. The molecule has 23 heavy (non-hydrogen) atoms. The molecule has 6 nitrogen and oxygen atoms in total. The molecule has 0 saturated carbocycles. The van der Waals surface area contributed by atoms with Crippen molar-refractivity contribution in [2.45, 2.75) is 0 Å². The summed E-state index contributed by atoms with van der Waals surface area (Å²) in [6.45, 7) is 0. The Balaban J connectivity index is 2.20. The number of imide groups is 1. The highest BCUT2D eigenvalue weighted by Gasteiger charge is 2.15. The van der Waals surface area contributed by atoms with E-state index in [9.17, 15) is 9.59 Å². The molecule has 2 aromatic rings. The number of carbonyl (C=O) groups is 2. The zero-order valence-corrected chi connectivity index (χ0v) is 14.4. The molecule has 116 valence electrons. The topological polar surface area (TPSA) is 87.8 Å². The SMILES string of the molecule is N#CC(=Cc1ccc(Cl)cc1Cl)C(=O)NC(=O)n1cc(Br)cn1. The Bertz CT molecular complexity index is 855. The van der Waals surface area contributed by atoms with Gasteiger partial charge in [-0.25, -0.2) is 4.79 Å². The number of rotatable bonds is 2. The van der Waals surface area contributed by atoms with Crippen LogP contribution in [0.2, 0.25) is 10.0 Å². The van der Waals surface area contributed by atoms with Crippen molar-refractivity contribution in [2.75, 3.05) is 0 Å². The minimum Gasteiger partial charge on any atom is -0.271 e. The van der Waals surface area contributed by atoms with Crippen LogP contribution < -0.4 is 5.32 Å². The summed E-state index contributed by atoms with van der Waals surface area (Å²) in [5.41, 5.74) is 0.144. The molecule has 0 spiro atoms. The molecule has 0 atom stereocenters. The van der Waals surface area contributed by atoms with Crippen molar-refractivity contribution < 1.29 is 9.59 Å². The summed E-state index contributed by atoms with van der Waals surface area (Å²) in [7, 11) is 0. The van der Waals surface area contributed by atoms with Gasteiger partial charge in [0.1, 0.15) is 11.6 Å². The highest BCUT2D eigenvalue weighted by Crippen LogP contribution is 2.23. The van der Waals surface area contributed by atoms with E-state index in [2.05, 4.69) is 26.3 Å². The molecule has 0 aliphatic heterocycles. The zero-order valence-electron chi connectivity index (χ0n) is 11.3. The van der Waals surface area contributed by atoms with Crippen LogP contribution in [0.25, 0.3) is 6.08 Å². The fourth-order valence-corrected chi connectivity index (χ4v) is 2.30. The third-order valence-electron chi connectivity index (χ3n) is 2.61. The predicted molar refractivity (Wildman–Crippen MR) is 88.9 cm³/mol. The Morgan fingerprint density at radius 2 is 2.13 bits per heavy atom. The van der Waals surface area contributed by atoms with Crippen molar-refractivity contribution in [3.05, 3.63) is 56.2 Å². The Hall–Kier alpha value is -2.14. The second-order valence-corrected chi connectivity index (χ2v) is 5.96. The van der Waals surface area contributed by atoms with E-state index in [0.717, 1.165) is 4.68 Å². The van der Waals surface area contributed by atoms with Crippen LogP contribution in [0.4, 0.5) is 4.79 Å². The van der Waals surface area contributed by atoms with Gasteiger partial charge in [-0.3, -0.25) is 10.1 Å².